The molecule has 7 heteroatoms. The fourth-order valence-electron chi connectivity index (χ4n) is 2.77. The van der Waals surface area contributed by atoms with Crippen LogP contribution in [-0.4, -0.2) is 30.3 Å². The first-order chi connectivity index (χ1) is 10.3. The Morgan fingerprint density at radius 3 is 2.64 bits per heavy atom. The first kappa shape index (κ1) is 16.6. The summed E-state index contributed by atoms with van der Waals surface area (Å²) in [7, 11) is 1.57. The van der Waals surface area contributed by atoms with Crippen molar-refractivity contribution in [3.8, 4) is 5.75 Å². The Morgan fingerprint density at radius 1 is 1.36 bits per heavy atom. The fourth-order valence-corrected chi connectivity index (χ4v) is 2.77. The summed E-state index contributed by atoms with van der Waals surface area (Å²) >= 11 is 0. The van der Waals surface area contributed by atoms with E-state index in [4.69, 9.17) is 5.73 Å². The number of nitrogens with two attached hydrogens (primary N) is 1. The van der Waals surface area contributed by atoms with E-state index < -0.39 is 6.36 Å². The molecule has 0 aromatic heterocycles. The second-order valence-electron chi connectivity index (χ2n) is 5.55. The summed E-state index contributed by atoms with van der Waals surface area (Å²) in [5.41, 5.74) is 6.21. The highest BCUT2D eigenvalue weighted by molar-refractivity contribution is 5.79. The highest BCUT2D eigenvalue weighted by atomic mass is 19.4. The minimum absolute atomic E-state index is 0.0499. The van der Waals surface area contributed by atoms with Gasteiger partial charge in [0.2, 0.25) is 5.91 Å². The van der Waals surface area contributed by atoms with Crippen molar-refractivity contribution in [3.05, 3.63) is 29.8 Å². The lowest BCUT2D eigenvalue weighted by Crippen LogP contribution is -2.39. The molecule has 1 amide bonds. The molecule has 1 aromatic carbocycles. The summed E-state index contributed by atoms with van der Waals surface area (Å²) in [5.74, 6) is -0.669. The van der Waals surface area contributed by atoms with Crippen LogP contribution in [0.3, 0.4) is 0 Å². The van der Waals surface area contributed by atoms with E-state index in [9.17, 15) is 18.0 Å². The zero-order chi connectivity index (χ0) is 16.3. The van der Waals surface area contributed by atoms with Crippen molar-refractivity contribution >= 4 is 5.91 Å². The maximum absolute atomic E-state index is 12.4. The van der Waals surface area contributed by atoms with E-state index in [1.807, 2.05) is 0 Å². The predicted octanol–water partition coefficient (Wildman–Crippen LogP) is 2.67. The number of amides is 1. The molecule has 1 aromatic rings. The average molecular weight is 316 g/mol. The molecular weight excluding hydrogens is 297 g/mol. The Labute approximate surface area is 127 Å². The highest BCUT2D eigenvalue weighted by Gasteiger charge is 2.34. The number of rotatable bonds is 4. The summed E-state index contributed by atoms with van der Waals surface area (Å²) in [6.45, 7) is 0.0499. The number of para-hydroxylation sites is 1. The second kappa shape index (κ2) is 6.56. The molecule has 1 saturated carbocycles. The van der Waals surface area contributed by atoms with Crippen LogP contribution in [0.4, 0.5) is 13.2 Å². The second-order valence-corrected chi connectivity index (χ2v) is 5.55. The molecule has 1 fully saturated rings. The van der Waals surface area contributed by atoms with Crippen LogP contribution in [-0.2, 0) is 11.3 Å². The Kier molecular flexibility index (Phi) is 4.95. The van der Waals surface area contributed by atoms with Crippen molar-refractivity contribution < 1.29 is 22.7 Å². The third-order valence-electron chi connectivity index (χ3n) is 3.87. The minimum atomic E-state index is -4.76. The lowest BCUT2D eigenvalue weighted by molar-refractivity contribution is -0.275. The molecule has 0 unspecified atom stereocenters. The number of halogens is 3. The Morgan fingerprint density at radius 2 is 2.05 bits per heavy atom. The molecule has 0 radical (unpaired) electrons. The molecule has 0 heterocycles. The van der Waals surface area contributed by atoms with E-state index in [-0.39, 0.29) is 30.2 Å². The van der Waals surface area contributed by atoms with Gasteiger partial charge >= 0.3 is 6.36 Å². The summed E-state index contributed by atoms with van der Waals surface area (Å²) in [6, 6.07) is 5.65. The summed E-state index contributed by atoms with van der Waals surface area (Å²) < 4.78 is 41.2. The SMILES string of the molecule is CN(Cc1ccccc1OC(F)(F)F)C(=O)[C@H]1CCC[C@@H]1N. The van der Waals surface area contributed by atoms with Crippen LogP contribution in [0.25, 0.3) is 0 Å². The smallest absolute Gasteiger partial charge is 0.405 e. The van der Waals surface area contributed by atoms with E-state index >= 15 is 0 Å². The molecular formula is C15H19F3N2O2. The van der Waals surface area contributed by atoms with Gasteiger partial charge in [0.05, 0.1) is 5.92 Å². The zero-order valence-electron chi connectivity index (χ0n) is 12.3. The van der Waals surface area contributed by atoms with Crippen LogP contribution in [0, 0.1) is 5.92 Å². The first-order valence-electron chi connectivity index (χ1n) is 7.12. The molecule has 0 spiro atoms. The van der Waals surface area contributed by atoms with E-state index in [0.717, 1.165) is 19.3 Å². The predicted molar refractivity (Wildman–Crippen MR) is 74.9 cm³/mol. The van der Waals surface area contributed by atoms with Gasteiger partial charge in [0, 0.05) is 25.2 Å². The third-order valence-corrected chi connectivity index (χ3v) is 3.87. The van der Waals surface area contributed by atoms with Gasteiger partial charge in [-0.25, -0.2) is 0 Å². The van der Waals surface area contributed by atoms with E-state index in [0.29, 0.717) is 5.56 Å². The summed E-state index contributed by atoms with van der Waals surface area (Å²) in [5, 5.41) is 0. The zero-order valence-corrected chi connectivity index (χ0v) is 12.3. The molecule has 2 rings (SSSR count). The van der Waals surface area contributed by atoms with Crippen molar-refractivity contribution in [2.24, 2.45) is 11.7 Å². The van der Waals surface area contributed by atoms with Gasteiger partial charge in [-0.3, -0.25) is 4.79 Å². The molecule has 122 valence electrons. The lowest BCUT2D eigenvalue weighted by Gasteiger charge is -2.24. The Hall–Kier alpha value is -1.76. The molecule has 0 aliphatic heterocycles. The first-order valence-corrected chi connectivity index (χ1v) is 7.12. The van der Waals surface area contributed by atoms with Crippen LogP contribution in [0.2, 0.25) is 0 Å². The highest BCUT2D eigenvalue weighted by Crippen LogP contribution is 2.29. The maximum Gasteiger partial charge on any atom is 0.573 e. The summed E-state index contributed by atoms with van der Waals surface area (Å²) in [6.07, 6.45) is -2.32. The van der Waals surface area contributed by atoms with Crippen LogP contribution in [0.1, 0.15) is 24.8 Å². The van der Waals surface area contributed by atoms with Crippen LogP contribution in [0.5, 0.6) is 5.75 Å². The van der Waals surface area contributed by atoms with Gasteiger partial charge in [-0.05, 0) is 18.9 Å². The molecule has 0 bridgehead atoms. The number of carbonyl (C=O) groups excluding carboxylic acids is 1. The Balaban J connectivity index is 2.08. The van der Waals surface area contributed by atoms with Gasteiger partial charge in [-0.1, -0.05) is 24.6 Å². The van der Waals surface area contributed by atoms with Crippen molar-refractivity contribution in [2.45, 2.75) is 38.2 Å². The summed E-state index contributed by atoms with van der Waals surface area (Å²) in [4.78, 5) is 13.8. The van der Waals surface area contributed by atoms with Gasteiger partial charge < -0.3 is 15.4 Å². The van der Waals surface area contributed by atoms with E-state index in [1.165, 1.54) is 23.1 Å². The molecule has 2 N–H and O–H groups in total. The van der Waals surface area contributed by atoms with Crippen molar-refractivity contribution in [3.63, 3.8) is 0 Å². The standard InChI is InChI=1S/C15H19F3N2O2/c1-20(14(21)11-6-4-7-12(11)19)9-10-5-2-3-8-13(10)22-15(16,17)18/h2-3,5,8,11-12H,4,6-7,9,19H2,1H3/t11-,12-/m0/s1. The topological polar surface area (TPSA) is 55.6 Å². The number of alkyl halides is 3. The van der Waals surface area contributed by atoms with Gasteiger partial charge in [-0.2, -0.15) is 0 Å². The fraction of sp³-hybridized carbons (Fsp3) is 0.533. The molecule has 1 aliphatic carbocycles. The molecule has 4 nitrogen and oxygen atoms in total. The quantitative estimate of drug-likeness (QED) is 0.929. The van der Waals surface area contributed by atoms with Crippen LogP contribution >= 0.6 is 0 Å². The molecule has 22 heavy (non-hydrogen) atoms. The lowest BCUT2D eigenvalue weighted by atomic mass is 10.0. The van der Waals surface area contributed by atoms with Gasteiger partial charge in [-0.15, -0.1) is 13.2 Å². The van der Waals surface area contributed by atoms with Crippen molar-refractivity contribution in [1.82, 2.24) is 4.90 Å². The molecule has 0 saturated heterocycles. The van der Waals surface area contributed by atoms with Gasteiger partial charge in [0.25, 0.3) is 0 Å². The molecule has 2 atom stereocenters. The van der Waals surface area contributed by atoms with E-state index in [1.54, 1.807) is 13.1 Å². The average Bonchev–Trinajstić information content (AvgIpc) is 2.84. The minimum Gasteiger partial charge on any atom is -0.405 e. The monoisotopic (exact) mass is 316 g/mol. The molecule has 1 aliphatic rings. The largest absolute Gasteiger partial charge is 0.573 e. The number of benzene rings is 1. The van der Waals surface area contributed by atoms with Crippen molar-refractivity contribution in [2.75, 3.05) is 7.05 Å². The number of carbonyl (C=O) groups is 1. The number of ether oxygens (including phenoxy) is 1. The van der Waals surface area contributed by atoms with Gasteiger partial charge in [0.1, 0.15) is 5.75 Å². The maximum atomic E-state index is 12.4. The van der Waals surface area contributed by atoms with Gasteiger partial charge in [0.15, 0.2) is 0 Å². The van der Waals surface area contributed by atoms with E-state index in [2.05, 4.69) is 4.74 Å². The number of hydrogen-bond acceptors (Lipinski definition) is 3. The third kappa shape index (κ3) is 4.13. The van der Waals surface area contributed by atoms with Crippen LogP contribution < -0.4 is 10.5 Å². The normalized spacial score (nSPS) is 21.7. The number of hydrogen-bond donors (Lipinski definition) is 1. The number of nitrogens with zero attached hydrogens (tertiary/aromatic N) is 1. The van der Waals surface area contributed by atoms with Crippen molar-refractivity contribution in [1.29, 1.82) is 0 Å². The van der Waals surface area contributed by atoms with Crippen LogP contribution in [0.15, 0.2) is 24.3 Å². The Bertz CT molecular complexity index is 534.